The molecular weight excluding hydrogens is 232 g/mol. The standard InChI is InChI=1S/C12H14N4O2/c1-7-5-3-4-6-8(7)16-10(14)9(13)11(17)15(2)12(16)18/h3-6H,13-14H2,1-2H3. The minimum atomic E-state index is -0.581. The number of nitrogen functional groups attached to an aromatic ring is 2. The van der Waals surface area contributed by atoms with Crippen molar-refractivity contribution in [2.75, 3.05) is 11.5 Å². The van der Waals surface area contributed by atoms with Crippen LogP contribution in [-0.4, -0.2) is 9.13 Å². The molecule has 0 saturated heterocycles. The van der Waals surface area contributed by atoms with E-state index in [0.717, 1.165) is 10.1 Å². The van der Waals surface area contributed by atoms with Gasteiger partial charge in [-0.25, -0.2) is 9.36 Å². The van der Waals surface area contributed by atoms with Crippen molar-refractivity contribution in [3.05, 3.63) is 50.7 Å². The molecule has 0 spiro atoms. The Balaban J connectivity index is 2.94. The number of aromatic nitrogens is 2. The van der Waals surface area contributed by atoms with Gasteiger partial charge in [0.2, 0.25) is 0 Å². The largest absolute Gasteiger partial charge is 0.391 e. The fourth-order valence-corrected chi connectivity index (χ4v) is 1.80. The van der Waals surface area contributed by atoms with Crippen molar-refractivity contribution in [2.45, 2.75) is 6.92 Å². The number of hydrogen-bond donors (Lipinski definition) is 2. The molecule has 0 aliphatic rings. The third-order valence-corrected chi connectivity index (χ3v) is 2.89. The van der Waals surface area contributed by atoms with Crippen molar-refractivity contribution in [2.24, 2.45) is 7.05 Å². The van der Waals surface area contributed by atoms with Crippen molar-refractivity contribution in [3.8, 4) is 5.69 Å². The zero-order valence-corrected chi connectivity index (χ0v) is 10.2. The van der Waals surface area contributed by atoms with E-state index in [0.29, 0.717) is 5.69 Å². The Morgan fingerprint density at radius 1 is 1.11 bits per heavy atom. The number of para-hydroxylation sites is 1. The number of rotatable bonds is 1. The summed E-state index contributed by atoms with van der Waals surface area (Å²) in [5.41, 5.74) is 11.7. The molecule has 2 rings (SSSR count). The predicted octanol–water partition coefficient (Wildman–Crippen LogP) is 0.00902. The molecule has 0 aliphatic carbocycles. The van der Waals surface area contributed by atoms with Gasteiger partial charge in [-0.1, -0.05) is 18.2 Å². The van der Waals surface area contributed by atoms with Gasteiger partial charge in [0.15, 0.2) is 0 Å². The van der Waals surface area contributed by atoms with Crippen molar-refractivity contribution in [1.82, 2.24) is 9.13 Å². The van der Waals surface area contributed by atoms with Crippen LogP contribution in [0.15, 0.2) is 33.9 Å². The lowest BCUT2D eigenvalue weighted by Crippen LogP contribution is -2.40. The molecular formula is C12H14N4O2. The maximum atomic E-state index is 12.1. The highest BCUT2D eigenvalue weighted by Crippen LogP contribution is 2.16. The fourth-order valence-electron chi connectivity index (χ4n) is 1.80. The normalized spacial score (nSPS) is 10.6. The third kappa shape index (κ3) is 1.58. The van der Waals surface area contributed by atoms with E-state index < -0.39 is 11.2 Å². The Hall–Kier alpha value is -2.50. The lowest BCUT2D eigenvalue weighted by Gasteiger charge is -2.14. The van der Waals surface area contributed by atoms with E-state index in [1.54, 1.807) is 12.1 Å². The van der Waals surface area contributed by atoms with Crippen LogP contribution in [0.2, 0.25) is 0 Å². The minimum absolute atomic E-state index is 0.0302. The molecule has 2 aromatic rings. The van der Waals surface area contributed by atoms with Crippen LogP contribution in [0, 0.1) is 6.92 Å². The summed E-state index contributed by atoms with van der Waals surface area (Å²) >= 11 is 0. The molecule has 0 bridgehead atoms. The van der Waals surface area contributed by atoms with Crippen LogP contribution in [0.1, 0.15) is 5.56 Å². The van der Waals surface area contributed by atoms with Gasteiger partial charge in [0, 0.05) is 7.05 Å². The number of aryl methyl sites for hydroxylation is 1. The molecule has 6 nitrogen and oxygen atoms in total. The van der Waals surface area contributed by atoms with Crippen LogP contribution < -0.4 is 22.7 Å². The number of nitrogens with two attached hydrogens (primary N) is 2. The number of hydrogen-bond acceptors (Lipinski definition) is 4. The Morgan fingerprint density at radius 3 is 2.33 bits per heavy atom. The molecule has 0 radical (unpaired) electrons. The highest BCUT2D eigenvalue weighted by Gasteiger charge is 2.14. The average molecular weight is 246 g/mol. The van der Waals surface area contributed by atoms with E-state index in [2.05, 4.69) is 0 Å². The minimum Gasteiger partial charge on any atom is -0.391 e. The van der Waals surface area contributed by atoms with Gasteiger partial charge in [0.25, 0.3) is 5.56 Å². The molecule has 6 heteroatoms. The average Bonchev–Trinajstić information content (AvgIpc) is 2.36. The van der Waals surface area contributed by atoms with Crippen molar-refractivity contribution in [1.29, 1.82) is 0 Å². The summed E-state index contributed by atoms with van der Waals surface area (Å²) in [7, 11) is 1.37. The van der Waals surface area contributed by atoms with Crippen LogP contribution >= 0.6 is 0 Å². The molecule has 94 valence electrons. The van der Waals surface area contributed by atoms with Crippen molar-refractivity contribution >= 4 is 11.5 Å². The van der Waals surface area contributed by atoms with Crippen molar-refractivity contribution < 1.29 is 0 Å². The maximum Gasteiger partial charge on any atom is 0.337 e. The molecule has 1 aromatic carbocycles. The van der Waals surface area contributed by atoms with Crippen molar-refractivity contribution in [3.63, 3.8) is 0 Å². The van der Waals surface area contributed by atoms with Crippen LogP contribution in [0.4, 0.5) is 11.5 Å². The predicted molar refractivity (Wildman–Crippen MR) is 70.8 cm³/mol. The van der Waals surface area contributed by atoms with Gasteiger partial charge in [0.05, 0.1) is 5.69 Å². The first-order valence-electron chi connectivity index (χ1n) is 5.38. The van der Waals surface area contributed by atoms with E-state index in [9.17, 15) is 9.59 Å². The van der Waals surface area contributed by atoms with E-state index in [1.165, 1.54) is 11.6 Å². The molecule has 4 N–H and O–H groups in total. The van der Waals surface area contributed by atoms with E-state index >= 15 is 0 Å². The SMILES string of the molecule is Cc1ccccc1-n1c(N)c(N)c(=O)n(C)c1=O. The summed E-state index contributed by atoms with van der Waals surface area (Å²) in [5, 5.41) is 0. The van der Waals surface area contributed by atoms with Gasteiger partial charge < -0.3 is 11.5 Å². The number of nitrogens with zero attached hydrogens (tertiary/aromatic N) is 2. The van der Waals surface area contributed by atoms with E-state index in [1.807, 2.05) is 19.1 Å². The second-order valence-corrected chi connectivity index (χ2v) is 4.07. The fraction of sp³-hybridized carbons (Fsp3) is 0.167. The molecule has 0 saturated carbocycles. The van der Waals surface area contributed by atoms with Gasteiger partial charge >= 0.3 is 5.69 Å². The molecule has 1 aromatic heterocycles. The second-order valence-electron chi connectivity index (χ2n) is 4.07. The van der Waals surface area contributed by atoms with Gasteiger partial charge in [-0.2, -0.15) is 0 Å². The summed E-state index contributed by atoms with van der Waals surface area (Å²) in [4.78, 5) is 23.7. The van der Waals surface area contributed by atoms with Gasteiger partial charge in [0.1, 0.15) is 11.5 Å². The summed E-state index contributed by atoms with van der Waals surface area (Å²) in [6.45, 7) is 1.85. The quantitative estimate of drug-likeness (QED) is 0.740. The van der Waals surface area contributed by atoms with E-state index in [4.69, 9.17) is 11.5 Å². The Bertz CT molecular complexity index is 728. The van der Waals surface area contributed by atoms with E-state index in [-0.39, 0.29) is 11.5 Å². The lowest BCUT2D eigenvalue weighted by atomic mass is 10.2. The Labute approximate surface area is 103 Å². The van der Waals surface area contributed by atoms with Gasteiger partial charge in [-0.05, 0) is 18.6 Å². The van der Waals surface area contributed by atoms with Crippen LogP contribution in [-0.2, 0) is 7.05 Å². The Kier molecular flexibility index (Phi) is 2.70. The molecule has 0 aliphatic heterocycles. The smallest absolute Gasteiger partial charge is 0.337 e. The maximum absolute atomic E-state index is 12.1. The summed E-state index contributed by atoms with van der Waals surface area (Å²) in [6, 6.07) is 7.24. The zero-order chi connectivity index (χ0) is 13.4. The zero-order valence-electron chi connectivity index (χ0n) is 10.2. The Morgan fingerprint density at radius 2 is 1.72 bits per heavy atom. The molecule has 1 heterocycles. The number of anilines is 2. The first-order chi connectivity index (χ1) is 8.45. The lowest BCUT2D eigenvalue weighted by molar-refractivity contribution is 0.737. The molecule has 0 atom stereocenters. The second kappa shape index (κ2) is 4.06. The molecule has 0 fully saturated rings. The van der Waals surface area contributed by atoms with Crippen LogP contribution in [0.5, 0.6) is 0 Å². The monoisotopic (exact) mass is 246 g/mol. The van der Waals surface area contributed by atoms with Crippen LogP contribution in [0.25, 0.3) is 5.69 Å². The summed E-state index contributed by atoms with van der Waals surface area (Å²) in [6.07, 6.45) is 0. The third-order valence-electron chi connectivity index (χ3n) is 2.89. The van der Waals surface area contributed by atoms with Gasteiger partial charge in [-0.3, -0.25) is 9.36 Å². The molecule has 0 unspecified atom stereocenters. The number of benzene rings is 1. The molecule has 0 amide bonds. The first-order valence-corrected chi connectivity index (χ1v) is 5.38. The molecule has 18 heavy (non-hydrogen) atoms. The first kappa shape index (κ1) is 12.0. The highest BCUT2D eigenvalue weighted by atomic mass is 16.2. The van der Waals surface area contributed by atoms with Gasteiger partial charge in [-0.15, -0.1) is 0 Å². The topological polar surface area (TPSA) is 96.0 Å². The van der Waals surface area contributed by atoms with Crippen LogP contribution in [0.3, 0.4) is 0 Å². The highest BCUT2D eigenvalue weighted by molar-refractivity contribution is 5.61. The summed E-state index contributed by atoms with van der Waals surface area (Å²) < 4.78 is 2.18. The summed E-state index contributed by atoms with van der Waals surface area (Å²) in [5.74, 6) is -0.0302.